The Morgan fingerprint density at radius 1 is 1.12 bits per heavy atom. The highest BCUT2D eigenvalue weighted by Gasteiger charge is 2.07. The number of rotatable bonds is 7. The van der Waals surface area contributed by atoms with Gasteiger partial charge in [0.2, 0.25) is 0 Å². The van der Waals surface area contributed by atoms with E-state index in [1.165, 1.54) is 0 Å². The van der Waals surface area contributed by atoms with Crippen LogP contribution < -0.4 is 10.1 Å². The Hall–Kier alpha value is -2.82. The van der Waals surface area contributed by atoms with Gasteiger partial charge in [-0.25, -0.2) is 4.98 Å². The summed E-state index contributed by atoms with van der Waals surface area (Å²) in [7, 11) is 2.02. The fourth-order valence-corrected chi connectivity index (χ4v) is 2.61. The quantitative estimate of drug-likeness (QED) is 0.680. The van der Waals surface area contributed by atoms with E-state index in [4.69, 9.17) is 4.74 Å². The van der Waals surface area contributed by atoms with Crippen LogP contribution in [0, 0.1) is 0 Å². The predicted octanol–water partition coefficient (Wildman–Crippen LogP) is 2.70. The van der Waals surface area contributed by atoms with Crippen LogP contribution in [0.2, 0.25) is 0 Å². The van der Waals surface area contributed by atoms with Gasteiger partial charge in [-0.1, -0.05) is 30.3 Å². The summed E-state index contributed by atoms with van der Waals surface area (Å²) in [6.07, 6.45) is 1.67. The Labute approximate surface area is 141 Å². The molecule has 0 saturated heterocycles. The molecule has 0 saturated carbocycles. The molecular formula is C19H21N3O2. The second-order valence-electron chi connectivity index (χ2n) is 5.63. The van der Waals surface area contributed by atoms with Gasteiger partial charge in [0, 0.05) is 20.0 Å². The van der Waals surface area contributed by atoms with Crippen LogP contribution >= 0.6 is 0 Å². The van der Waals surface area contributed by atoms with E-state index in [1.54, 1.807) is 0 Å². The monoisotopic (exact) mass is 323 g/mol. The number of aryl methyl sites for hydroxylation is 2. The third-order valence-electron chi connectivity index (χ3n) is 3.89. The molecule has 24 heavy (non-hydrogen) atoms. The summed E-state index contributed by atoms with van der Waals surface area (Å²) in [6.45, 7) is 0.649. The minimum atomic E-state index is -0.108. The molecule has 2 aromatic carbocycles. The molecule has 124 valence electrons. The molecule has 0 spiro atoms. The maximum atomic E-state index is 11.8. The van der Waals surface area contributed by atoms with Crippen LogP contribution in [0.3, 0.4) is 0 Å². The van der Waals surface area contributed by atoms with Crippen LogP contribution in [-0.4, -0.2) is 28.6 Å². The van der Waals surface area contributed by atoms with Gasteiger partial charge in [0.05, 0.1) is 11.0 Å². The van der Waals surface area contributed by atoms with Crippen molar-refractivity contribution in [3.63, 3.8) is 0 Å². The zero-order chi connectivity index (χ0) is 16.8. The Morgan fingerprint density at radius 2 is 1.88 bits per heavy atom. The van der Waals surface area contributed by atoms with Crippen LogP contribution in [0.5, 0.6) is 5.75 Å². The first-order chi connectivity index (χ1) is 11.7. The second kappa shape index (κ2) is 7.64. The van der Waals surface area contributed by atoms with Crippen LogP contribution in [0.4, 0.5) is 0 Å². The fraction of sp³-hybridized carbons (Fsp3) is 0.263. The Kier molecular flexibility index (Phi) is 5.11. The molecule has 0 radical (unpaired) electrons. The van der Waals surface area contributed by atoms with E-state index in [0.717, 1.165) is 29.7 Å². The molecule has 5 heteroatoms. The van der Waals surface area contributed by atoms with E-state index >= 15 is 0 Å². The summed E-state index contributed by atoms with van der Waals surface area (Å²) in [4.78, 5) is 16.4. The van der Waals surface area contributed by atoms with E-state index in [0.29, 0.717) is 12.3 Å². The van der Waals surface area contributed by atoms with Crippen LogP contribution in [0.1, 0.15) is 12.2 Å². The van der Waals surface area contributed by atoms with Gasteiger partial charge in [0.25, 0.3) is 5.91 Å². The number of hydrogen-bond donors (Lipinski definition) is 1. The molecule has 0 bridgehead atoms. The molecule has 0 aliphatic heterocycles. The fourth-order valence-electron chi connectivity index (χ4n) is 2.61. The van der Waals surface area contributed by atoms with Crippen molar-refractivity contribution in [2.24, 2.45) is 7.05 Å². The van der Waals surface area contributed by atoms with Crippen molar-refractivity contribution < 1.29 is 9.53 Å². The number of ether oxygens (including phenoxy) is 1. The molecule has 3 rings (SSSR count). The van der Waals surface area contributed by atoms with Crippen LogP contribution in [-0.2, 0) is 18.3 Å². The van der Waals surface area contributed by atoms with Gasteiger partial charge in [0.1, 0.15) is 11.6 Å². The van der Waals surface area contributed by atoms with E-state index in [9.17, 15) is 4.79 Å². The van der Waals surface area contributed by atoms with Gasteiger partial charge in [-0.05, 0) is 30.7 Å². The first-order valence-electron chi connectivity index (χ1n) is 8.09. The van der Waals surface area contributed by atoms with Crippen molar-refractivity contribution in [1.29, 1.82) is 0 Å². The molecule has 0 unspecified atom stereocenters. The number of para-hydroxylation sites is 3. The topological polar surface area (TPSA) is 56.2 Å². The number of carbonyl (C=O) groups excluding carboxylic acids is 1. The highest BCUT2D eigenvalue weighted by atomic mass is 16.5. The lowest BCUT2D eigenvalue weighted by Gasteiger charge is -2.07. The van der Waals surface area contributed by atoms with Crippen LogP contribution in [0.15, 0.2) is 54.6 Å². The standard InChI is InChI=1S/C19H21N3O2/c1-22-17-11-6-5-10-16(17)21-18(22)12-7-13-20-19(23)14-24-15-8-3-2-4-9-15/h2-6,8-11H,7,12-14H2,1H3,(H,20,23). The van der Waals surface area contributed by atoms with Crippen molar-refractivity contribution in [2.75, 3.05) is 13.2 Å². The predicted molar refractivity (Wildman–Crippen MR) is 94.0 cm³/mol. The third kappa shape index (κ3) is 3.93. The zero-order valence-electron chi connectivity index (χ0n) is 13.7. The average molecular weight is 323 g/mol. The van der Waals surface area contributed by atoms with E-state index < -0.39 is 0 Å². The normalized spacial score (nSPS) is 10.7. The van der Waals surface area contributed by atoms with E-state index in [-0.39, 0.29) is 12.5 Å². The summed E-state index contributed by atoms with van der Waals surface area (Å²) < 4.78 is 7.52. The summed E-state index contributed by atoms with van der Waals surface area (Å²) >= 11 is 0. The molecule has 3 aromatic rings. The number of nitrogens with zero attached hydrogens (tertiary/aromatic N) is 2. The Morgan fingerprint density at radius 3 is 2.67 bits per heavy atom. The summed E-state index contributed by atoms with van der Waals surface area (Å²) in [5.41, 5.74) is 2.14. The first-order valence-corrected chi connectivity index (χ1v) is 8.09. The van der Waals surface area contributed by atoms with Crippen molar-refractivity contribution in [3.8, 4) is 5.75 Å². The van der Waals surface area contributed by atoms with Gasteiger partial charge in [-0.15, -0.1) is 0 Å². The molecule has 5 nitrogen and oxygen atoms in total. The van der Waals surface area contributed by atoms with Crippen molar-refractivity contribution in [3.05, 3.63) is 60.4 Å². The van der Waals surface area contributed by atoms with Crippen molar-refractivity contribution >= 4 is 16.9 Å². The molecule has 0 aliphatic carbocycles. The number of nitrogens with one attached hydrogen (secondary N) is 1. The summed E-state index contributed by atoms with van der Waals surface area (Å²) in [5.74, 6) is 1.63. The summed E-state index contributed by atoms with van der Waals surface area (Å²) in [5, 5.41) is 2.88. The maximum Gasteiger partial charge on any atom is 0.257 e. The summed E-state index contributed by atoms with van der Waals surface area (Å²) in [6, 6.07) is 17.4. The SMILES string of the molecule is Cn1c(CCCNC(=O)COc2ccccc2)nc2ccccc21. The van der Waals surface area contributed by atoms with Crippen LogP contribution in [0.25, 0.3) is 11.0 Å². The number of imidazole rings is 1. The first kappa shape index (κ1) is 16.1. The Bertz CT molecular complexity index is 812. The average Bonchev–Trinajstić information content (AvgIpc) is 2.94. The van der Waals surface area contributed by atoms with Crippen molar-refractivity contribution in [1.82, 2.24) is 14.9 Å². The highest BCUT2D eigenvalue weighted by Crippen LogP contribution is 2.15. The lowest BCUT2D eigenvalue weighted by atomic mass is 10.3. The number of carbonyl (C=O) groups is 1. The van der Waals surface area contributed by atoms with Gasteiger partial charge >= 0.3 is 0 Å². The molecule has 0 aliphatic rings. The molecule has 1 heterocycles. The number of hydrogen-bond acceptors (Lipinski definition) is 3. The molecular weight excluding hydrogens is 302 g/mol. The Balaban J connectivity index is 1.41. The van der Waals surface area contributed by atoms with E-state index in [1.807, 2.05) is 55.6 Å². The minimum absolute atomic E-state index is 0.0380. The smallest absolute Gasteiger partial charge is 0.257 e. The number of benzene rings is 2. The second-order valence-corrected chi connectivity index (χ2v) is 5.63. The van der Waals surface area contributed by atoms with Gasteiger partial charge in [0.15, 0.2) is 6.61 Å². The zero-order valence-corrected chi connectivity index (χ0v) is 13.7. The van der Waals surface area contributed by atoms with Gasteiger partial charge in [-0.2, -0.15) is 0 Å². The number of amides is 1. The molecule has 0 fully saturated rings. The maximum absolute atomic E-state index is 11.8. The number of aromatic nitrogens is 2. The van der Waals surface area contributed by atoms with Gasteiger partial charge in [-0.3, -0.25) is 4.79 Å². The van der Waals surface area contributed by atoms with Crippen molar-refractivity contribution in [2.45, 2.75) is 12.8 Å². The van der Waals surface area contributed by atoms with E-state index in [2.05, 4.69) is 20.9 Å². The third-order valence-corrected chi connectivity index (χ3v) is 3.89. The molecule has 1 N–H and O–H groups in total. The molecule has 1 aromatic heterocycles. The highest BCUT2D eigenvalue weighted by molar-refractivity contribution is 5.77. The molecule has 1 amide bonds. The minimum Gasteiger partial charge on any atom is -0.484 e. The lowest BCUT2D eigenvalue weighted by molar-refractivity contribution is -0.123. The van der Waals surface area contributed by atoms with Gasteiger partial charge < -0.3 is 14.6 Å². The lowest BCUT2D eigenvalue weighted by Crippen LogP contribution is -2.30. The number of fused-ring (bicyclic) bond motifs is 1. The molecule has 0 atom stereocenters. The largest absolute Gasteiger partial charge is 0.484 e.